The maximum Gasteiger partial charge on any atom is 0.249 e. The second-order valence-electron chi connectivity index (χ2n) is 4.35. The highest BCUT2D eigenvalue weighted by atomic mass is 16.3. The van der Waals surface area contributed by atoms with Crippen LogP contribution in [-0.4, -0.2) is 23.7 Å². The van der Waals surface area contributed by atoms with Gasteiger partial charge in [-0.25, -0.2) is 0 Å². The van der Waals surface area contributed by atoms with Gasteiger partial charge < -0.3 is 16.2 Å². The number of hydrogen-bond donors (Lipinski definition) is 3. The maximum absolute atomic E-state index is 11.2. The van der Waals surface area contributed by atoms with E-state index in [4.69, 9.17) is 10.8 Å². The summed E-state index contributed by atoms with van der Waals surface area (Å²) in [5.74, 6) is -0.235. The van der Waals surface area contributed by atoms with Crippen LogP contribution in [0.4, 0.5) is 0 Å². The van der Waals surface area contributed by atoms with Gasteiger partial charge in [0.25, 0.3) is 0 Å². The fourth-order valence-corrected chi connectivity index (χ4v) is 1.55. The van der Waals surface area contributed by atoms with Gasteiger partial charge in [-0.1, -0.05) is 25.1 Å². The maximum atomic E-state index is 11.2. The Bertz CT molecular complexity index is 379. The Hall–Kier alpha value is -1.39. The van der Waals surface area contributed by atoms with Crippen molar-refractivity contribution in [1.82, 2.24) is 5.32 Å². The molecular weight excluding hydrogens is 216 g/mol. The molecule has 1 rings (SSSR count). The standard InChI is InChI=1S/C13H20N2O2/c1-9(8-16)10(2)15-7-11-5-3-4-6-12(11)13(14)17/h3-6,9-10,15-16H,7-8H2,1-2H3,(H2,14,17). The van der Waals surface area contributed by atoms with Gasteiger partial charge in [-0.15, -0.1) is 0 Å². The quantitative estimate of drug-likeness (QED) is 0.686. The summed E-state index contributed by atoms with van der Waals surface area (Å²) in [4.78, 5) is 11.2. The molecule has 0 spiro atoms. The van der Waals surface area contributed by atoms with Gasteiger partial charge in [0, 0.05) is 24.8 Å². The molecule has 17 heavy (non-hydrogen) atoms. The molecule has 4 N–H and O–H groups in total. The summed E-state index contributed by atoms with van der Waals surface area (Å²) in [6, 6.07) is 7.46. The van der Waals surface area contributed by atoms with Gasteiger partial charge in [-0.3, -0.25) is 4.79 Å². The van der Waals surface area contributed by atoms with Crippen molar-refractivity contribution >= 4 is 5.91 Å². The molecule has 1 amide bonds. The van der Waals surface area contributed by atoms with Crippen molar-refractivity contribution < 1.29 is 9.90 Å². The zero-order chi connectivity index (χ0) is 12.8. The Morgan fingerprint density at radius 2 is 2.06 bits per heavy atom. The van der Waals surface area contributed by atoms with E-state index in [-0.39, 0.29) is 18.6 Å². The van der Waals surface area contributed by atoms with Crippen LogP contribution in [0.1, 0.15) is 29.8 Å². The number of aliphatic hydroxyl groups excluding tert-OH is 1. The zero-order valence-corrected chi connectivity index (χ0v) is 10.3. The van der Waals surface area contributed by atoms with Crippen LogP contribution in [0.2, 0.25) is 0 Å². The molecule has 0 heterocycles. The molecule has 94 valence electrons. The van der Waals surface area contributed by atoms with Crippen LogP contribution in [-0.2, 0) is 6.54 Å². The second-order valence-corrected chi connectivity index (χ2v) is 4.35. The highest BCUT2D eigenvalue weighted by molar-refractivity contribution is 5.94. The Labute approximate surface area is 102 Å². The topological polar surface area (TPSA) is 75.3 Å². The van der Waals surface area contributed by atoms with Crippen molar-refractivity contribution in [2.75, 3.05) is 6.61 Å². The SMILES string of the molecule is CC(CO)C(C)NCc1ccccc1C(N)=O. The van der Waals surface area contributed by atoms with E-state index < -0.39 is 5.91 Å². The molecule has 0 fully saturated rings. The highest BCUT2D eigenvalue weighted by Gasteiger charge is 2.12. The van der Waals surface area contributed by atoms with Crippen LogP contribution >= 0.6 is 0 Å². The molecule has 4 heteroatoms. The second kappa shape index (κ2) is 6.37. The molecule has 0 radical (unpaired) electrons. The van der Waals surface area contributed by atoms with Gasteiger partial charge in [0.2, 0.25) is 5.91 Å². The summed E-state index contributed by atoms with van der Waals surface area (Å²) in [6.45, 7) is 4.70. The molecule has 2 atom stereocenters. The van der Waals surface area contributed by atoms with E-state index in [0.29, 0.717) is 12.1 Å². The van der Waals surface area contributed by atoms with Crippen LogP contribution in [0.15, 0.2) is 24.3 Å². The van der Waals surface area contributed by atoms with Crippen molar-refractivity contribution in [1.29, 1.82) is 0 Å². The number of aliphatic hydroxyl groups is 1. The largest absolute Gasteiger partial charge is 0.396 e. The molecule has 1 aromatic carbocycles. The monoisotopic (exact) mass is 236 g/mol. The number of nitrogens with one attached hydrogen (secondary N) is 1. The molecule has 4 nitrogen and oxygen atoms in total. The Kier molecular flexibility index (Phi) is 5.12. The summed E-state index contributed by atoms with van der Waals surface area (Å²) in [6.07, 6.45) is 0. The lowest BCUT2D eigenvalue weighted by molar-refractivity contribution is 0.0999. The first-order chi connectivity index (χ1) is 8.06. The van der Waals surface area contributed by atoms with Gasteiger partial charge in [0.05, 0.1) is 0 Å². The lowest BCUT2D eigenvalue weighted by atomic mass is 10.0. The van der Waals surface area contributed by atoms with E-state index in [0.717, 1.165) is 5.56 Å². The molecule has 0 aliphatic rings. The highest BCUT2D eigenvalue weighted by Crippen LogP contribution is 2.09. The predicted octanol–water partition coefficient (Wildman–Crippen LogP) is 0.892. The number of carbonyl (C=O) groups excluding carboxylic acids is 1. The van der Waals surface area contributed by atoms with E-state index in [1.54, 1.807) is 12.1 Å². The number of amides is 1. The first-order valence-corrected chi connectivity index (χ1v) is 5.78. The lowest BCUT2D eigenvalue weighted by Gasteiger charge is -2.19. The summed E-state index contributed by atoms with van der Waals surface area (Å²) >= 11 is 0. The summed E-state index contributed by atoms with van der Waals surface area (Å²) in [7, 11) is 0. The molecule has 0 aliphatic carbocycles. The van der Waals surface area contributed by atoms with Crippen LogP contribution in [0, 0.1) is 5.92 Å². The van der Waals surface area contributed by atoms with E-state index in [9.17, 15) is 4.79 Å². The number of nitrogens with two attached hydrogens (primary N) is 1. The fraction of sp³-hybridized carbons (Fsp3) is 0.462. The third kappa shape index (κ3) is 3.84. The van der Waals surface area contributed by atoms with Crippen molar-refractivity contribution in [3.8, 4) is 0 Å². The summed E-state index contributed by atoms with van der Waals surface area (Å²) < 4.78 is 0. The minimum absolute atomic E-state index is 0.144. The van der Waals surface area contributed by atoms with Crippen LogP contribution in [0.25, 0.3) is 0 Å². The molecule has 0 aromatic heterocycles. The first-order valence-electron chi connectivity index (χ1n) is 5.78. The Balaban J connectivity index is 2.66. The van der Waals surface area contributed by atoms with Crippen molar-refractivity contribution in [2.24, 2.45) is 11.7 Å². The average molecular weight is 236 g/mol. The number of carbonyl (C=O) groups is 1. The lowest BCUT2D eigenvalue weighted by Crippen LogP contribution is -2.34. The fourth-order valence-electron chi connectivity index (χ4n) is 1.55. The van der Waals surface area contributed by atoms with Gasteiger partial charge in [0.15, 0.2) is 0 Å². The van der Waals surface area contributed by atoms with Crippen LogP contribution in [0.5, 0.6) is 0 Å². The van der Waals surface area contributed by atoms with E-state index in [1.165, 1.54) is 0 Å². The van der Waals surface area contributed by atoms with Crippen molar-refractivity contribution in [2.45, 2.75) is 26.4 Å². The molecule has 0 saturated heterocycles. The normalized spacial score (nSPS) is 14.3. The van der Waals surface area contributed by atoms with Gasteiger partial charge >= 0.3 is 0 Å². The molecule has 0 aliphatic heterocycles. The zero-order valence-electron chi connectivity index (χ0n) is 10.3. The Morgan fingerprint density at radius 1 is 1.41 bits per heavy atom. The molecule has 0 saturated carbocycles. The molecule has 0 bridgehead atoms. The average Bonchev–Trinajstić information content (AvgIpc) is 2.35. The third-order valence-electron chi connectivity index (χ3n) is 3.04. The van der Waals surface area contributed by atoms with Gasteiger partial charge in [-0.05, 0) is 24.5 Å². The van der Waals surface area contributed by atoms with E-state index in [2.05, 4.69) is 5.32 Å². The van der Waals surface area contributed by atoms with E-state index >= 15 is 0 Å². The first kappa shape index (κ1) is 13.7. The van der Waals surface area contributed by atoms with Gasteiger partial charge in [0.1, 0.15) is 0 Å². The molecular formula is C13H20N2O2. The number of rotatable bonds is 6. The van der Waals surface area contributed by atoms with Gasteiger partial charge in [-0.2, -0.15) is 0 Å². The number of primary amides is 1. The van der Waals surface area contributed by atoms with Crippen LogP contribution in [0.3, 0.4) is 0 Å². The summed E-state index contributed by atoms with van der Waals surface area (Å²) in [5.41, 5.74) is 6.73. The molecule has 2 unspecified atom stereocenters. The van der Waals surface area contributed by atoms with E-state index in [1.807, 2.05) is 26.0 Å². The third-order valence-corrected chi connectivity index (χ3v) is 3.04. The number of benzene rings is 1. The minimum Gasteiger partial charge on any atom is -0.396 e. The van der Waals surface area contributed by atoms with Crippen molar-refractivity contribution in [3.63, 3.8) is 0 Å². The summed E-state index contributed by atoms with van der Waals surface area (Å²) in [5, 5.41) is 12.3. The molecule has 1 aromatic rings. The van der Waals surface area contributed by atoms with Crippen LogP contribution < -0.4 is 11.1 Å². The van der Waals surface area contributed by atoms with Crippen molar-refractivity contribution in [3.05, 3.63) is 35.4 Å². The number of hydrogen-bond acceptors (Lipinski definition) is 3. The minimum atomic E-state index is -0.412. The predicted molar refractivity (Wildman–Crippen MR) is 67.5 cm³/mol. The Morgan fingerprint density at radius 3 is 2.65 bits per heavy atom. The smallest absolute Gasteiger partial charge is 0.249 e.